The van der Waals surface area contributed by atoms with Gasteiger partial charge in [-0.3, -0.25) is 20.2 Å². The molecule has 1 aromatic carbocycles. The Bertz CT molecular complexity index is 741. The number of anilines is 1. The number of carbonyl (C=O) groups excluding carboxylic acids is 1. The fourth-order valence-electron chi connectivity index (χ4n) is 2.58. The third kappa shape index (κ3) is 2.85. The van der Waals surface area contributed by atoms with Crippen LogP contribution < -0.4 is 5.32 Å². The molecule has 1 heterocycles. The number of rotatable bonds is 3. The number of thiazole rings is 1. The zero-order chi connectivity index (χ0) is 15.7. The SMILES string of the molecule is C[C@H]1CCc2nc(NC(=O)c3ccccc3[N+](=O)[O-])sc2C1. The number of hydrogen-bond donors (Lipinski definition) is 1. The van der Waals surface area contributed by atoms with Gasteiger partial charge in [-0.15, -0.1) is 11.3 Å². The molecule has 0 bridgehead atoms. The maximum Gasteiger partial charge on any atom is 0.282 e. The first-order chi connectivity index (χ1) is 10.5. The molecule has 1 amide bonds. The van der Waals surface area contributed by atoms with Crippen LogP contribution in [0.5, 0.6) is 0 Å². The van der Waals surface area contributed by atoms with Crippen molar-refractivity contribution in [2.24, 2.45) is 5.92 Å². The highest BCUT2D eigenvalue weighted by molar-refractivity contribution is 7.15. The molecule has 0 unspecified atom stereocenters. The van der Waals surface area contributed by atoms with E-state index in [-0.39, 0.29) is 11.3 Å². The summed E-state index contributed by atoms with van der Waals surface area (Å²) in [4.78, 5) is 28.3. The number of nitrogens with one attached hydrogen (secondary N) is 1. The maximum atomic E-state index is 12.3. The number of fused-ring (bicyclic) bond motifs is 1. The first kappa shape index (κ1) is 14.6. The van der Waals surface area contributed by atoms with E-state index < -0.39 is 10.8 Å². The number of benzene rings is 1. The van der Waals surface area contributed by atoms with Crippen LogP contribution in [0.1, 0.15) is 34.3 Å². The van der Waals surface area contributed by atoms with E-state index in [0.717, 1.165) is 25.0 Å². The van der Waals surface area contributed by atoms with Gasteiger partial charge >= 0.3 is 0 Å². The zero-order valence-electron chi connectivity index (χ0n) is 12.0. The standard InChI is InChI=1S/C15H15N3O3S/c1-9-6-7-11-13(8-9)22-15(16-11)17-14(19)10-4-2-3-5-12(10)18(20)21/h2-5,9H,6-8H2,1H3,(H,16,17,19)/t9-/m0/s1. The molecule has 0 aliphatic heterocycles. The highest BCUT2D eigenvalue weighted by Crippen LogP contribution is 2.32. The van der Waals surface area contributed by atoms with E-state index in [1.165, 1.54) is 28.3 Å². The minimum Gasteiger partial charge on any atom is -0.298 e. The van der Waals surface area contributed by atoms with Gasteiger partial charge in [0.25, 0.3) is 11.6 Å². The summed E-state index contributed by atoms with van der Waals surface area (Å²) in [5.74, 6) is 0.137. The van der Waals surface area contributed by atoms with Crippen molar-refractivity contribution in [2.75, 3.05) is 5.32 Å². The predicted molar refractivity (Wildman–Crippen MR) is 84.4 cm³/mol. The monoisotopic (exact) mass is 317 g/mol. The van der Waals surface area contributed by atoms with Crippen LogP contribution in [0.2, 0.25) is 0 Å². The summed E-state index contributed by atoms with van der Waals surface area (Å²) < 4.78 is 0. The number of hydrogen-bond acceptors (Lipinski definition) is 5. The Balaban J connectivity index is 1.82. The van der Waals surface area contributed by atoms with Crippen LogP contribution in [-0.2, 0) is 12.8 Å². The molecule has 1 N–H and O–H groups in total. The number of para-hydroxylation sites is 1. The number of nitro groups is 1. The van der Waals surface area contributed by atoms with Crippen molar-refractivity contribution in [1.29, 1.82) is 0 Å². The van der Waals surface area contributed by atoms with Gasteiger partial charge in [-0.2, -0.15) is 0 Å². The molecule has 2 aromatic rings. The third-order valence-corrected chi connectivity index (χ3v) is 4.79. The van der Waals surface area contributed by atoms with Gasteiger partial charge in [-0.1, -0.05) is 19.1 Å². The second-order valence-electron chi connectivity index (χ2n) is 5.47. The highest BCUT2D eigenvalue weighted by Gasteiger charge is 2.23. The zero-order valence-corrected chi connectivity index (χ0v) is 12.9. The summed E-state index contributed by atoms with van der Waals surface area (Å²) in [7, 11) is 0. The molecule has 0 fully saturated rings. The summed E-state index contributed by atoms with van der Waals surface area (Å²) in [5, 5.41) is 14.2. The second-order valence-corrected chi connectivity index (χ2v) is 6.55. The van der Waals surface area contributed by atoms with E-state index >= 15 is 0 Å². The van der Waals surface area contributed by atoms with Crippen LogP contribution in [0.3, 0.4) is 0 Å². The van der Waals surface area contributed by atoms with Gasteiger partial charge in [0.2, 0.25) is 0 Å². The molecule has 22 heavy (non-hydrogen) atoms. The van der Waals surface area contributed by atoms with Crippen LogP contribution in [0, 0.1) is 16.0 Å². The van der Waals surface area contributed by atoms with Crippen molar-refractivity contribution in [2.45, 2.75) is 26.2 Å². The van der Waals surface area contributed by atoms with Crippen LogP contribution in [0.4, 0.5) is 10.8 Å². The second kappa shape index (κ2) is 5.84. The molecule has 0 saturated heterocycles. The van der Waals surface area contributed by atoms with Crippen LogP contribution >= 0.6 is 11.3 Å². The number of amides is 1. The summed E-state index contributed by atoms with van der Waals surface area (Å²) in [6.07, 6.45) is 3.01. The van der Waals surface area contributed by atoms with E-state index in [1.807, 2.05) is 0 Å². The normalized spacial score (nSPS) is 16.9. The number of aromatic nitrogens is 1. The highest BCUT2D eigenvalue weighted by atomic mass is 32.1. The Morgan fingerprint density at radius 2 is 2.23 bits per heavy atom. The molecule has 0 radical (unpaired) electrons. The molecule has 3 rings (SSSR count). The molecule has 1 aliphatic carbocycles. The molecule has 0 spiro atoms. The molecule has 1 atom stereocenters. The fraction of sp³-hybridized carbons (Fsp3) is 0.333. The number of nitro benzene ring substituents is 1. The fourth-order valence-corrected chi connectivity index (χ4v) is 3.75. The van der Waals surface area contributed by atoms with Crippen molar-refractivity contribution in [3.63, 3.8) is 0 Å². The first-order valence-corrected chi connectivity index (χ1v) is 7.89. The average molecular weight is 317 g/mol. The largest absolute Gasteiger partial charge is 0.298 e. The first-order valence-electron chi connectivity index (χ1n) is 7.08. The minimum atomic E-state index is -0.552. The summed E-state index contributed by atoms with van der Waals surface area (Å²) in [6.45, 7) is 2.20. The molecule has 1 aromatic heterocycles. The molecular formula is C15H15N3O3S. The van der Waals surface area contributed by atoms with E-state index in [4.69, 9.17) is 0 Å². The van der Waals surface area contributed by atoms with Crippen molar-refractivity contribution in [3.05, 3.63) is 50.5 Å². The Morgan fingerprint density at radius 3 is 3.00 bits per heavy atom. The minimum absolute atomic E-state index is 0.0500. The molecule has 1 aliphatic rings. The lowest BCUT2D eigenvalue weighted by molar-refractivity contribution is -0.385. The van der Waals surface area contributed by atoms with Gasteiger partial charge < -0.3 is 0 Å². The van der Waals surface area contributed by atoms with Gasteiger partial charge in [-0.25, -0.2) is 4.98 Å². The van der Waals surface area contributed by atoms with Gasteiger partial charge in [0.15, 0.2) is 5.13 Å². The maximum absolute atomic E-state index is 12.3. The summed E-state index contributed by atoms with van der Waals surface area (Å²) in [6, 6.07) is 5.92. The predicted octanol–water partition coefficient (Wildman–Crippen LogP) is 3.43. The molecule has 114 valence electrons. The Hall–Kier alpha value is -2.28. The Kier molecular flexibility index (Phi) is 3.89. The average Bonchev–Trinajstić information content (AvgIpc) is 2.88. The lowest BCUT2D eigenvalue weighted by Gasteiger charge is -2.15. The van der Waals surface area contributed by atoms with Crippen LogP contribution in [-0.4, -0.2) is 15.8 Å². The summed E-state index contributed by atoms with van der Waals surface area (Å²) in [5.41, 5.74) is 0.893. The Morgan fingerprint density at radius 1 is 1.45 bits per heavy atom. The van der Waals surface area contributed by atoms with E-state index in [2.05, 4.69) is 17.2 Å². The smallest absolute Gasteiger partial charge is 0.282 e. The van der Waals surface area contributed by atoms with Crippen LogP contribution in [0.15, 0.2) is 24.3 Å². The molecule has 0 saturated carbocycles. The lowest BCUT2D eigenvalue weighted by Crippen LogP contribution is -2.13. The van der Waals surface area contributed by atoms with Gasteiger partial charge in [0.05, 0.1) is 10.6 Å². The molecule has 6 nitrogen and oxygen atoms in total. The number of aryl methyl sites for hydroxylation is 1. The summed E-state index contributed by atoms with van der Waals surface area (Å²) >= 11 is 1.46. The lowest BCUT2D eigenvalue weighted by atomic mass is 9.93. The van der Waals surface area contributed by atoms with E-state index in [0.29, 0.717) is 11.0 Å². The number of carbonyl (C=O) groups is 1. The Labute approximate surface area is 131 Å². The topological polar surface area (TPSA) is 85.1 Å². The molecule has 7 heteroatoms. The van der Waals surface area contributed by atoms with Gasteiger partial charge in [-0.05, 0) is 31.2 Å². The van der Waals surface area contributed by atoms with Crippen molar-refractivity contribution < 1.29 is 9.72 Å². The van der Waals surface area contributed by atoms with Crippen molar-refractivity contribution in [1.82, 2.24) is 4.98 Å². The van der Waals surface area contributed by atoms with E-state index in [9.17, 15) is 14.9 Å². The quantitative estimate of drug-likeness (QED) is 0.694. The van der Waals surface area contributed by atoms with E-state index in [1.54, 1.807) is 12.1 Å². The van der Waals surface area contributed by atoms with Gasteiger partial charge in [0.1, 0.15) is 5.56 Å². The van der Waals surface area contributed by atoms with Crippen molar-refractivity contribution in [3.8, 4) is 0 Å². The van der Waals surface area contributed by atoms with Gasteiger partial charge in [0, 0.05) is 10.9 Å². The third-order valence-electron chi connectivity index (χ3n) is 3.75. The molecular weight excluding hydrogens is 302 g/mol. The number of nitrogens with zero attached hydrogens (tertiary/aromatic N) is 2. The van der Waals surface area contributed by atoms with Crippen molar-refractivity contribution >= 4 is 28.1 Å². The van der Waals surface area contributed by atoms with Crippen LogP contribution in [0.25, 0.3) is 0 Å².